The van der Waals surface area contributed by atoms with Crippen LogP contribution in [0, 0.1) is 0 Å². The van der Waals surface area contributed by atoms with Gasteiger partial charge >= 0.3 is 7.12 Å². The van der Waals surface area contributed by atoms with Gasteiger partial charge in [-0.1, -0.05) is 41.5 Å². The van der Waals surface area contributed by atoms with E-state index < -0.39 is 15.4 Å². The highest BCUT2D eigenvalue weighted by atomic mass is 79.9. The van der Waals surface area contributed by atoms with Crippen molar-refractivity contribution in [3.8, 4) is 0 Å². The Morgan fingerprint density at radius 1 is 0.966 bits per heavy atom. The van der Waals surface area contributed by atoms with Crippen molar-refractivity contribution in [3.05, 3.63) is 22.9 Å². The van der Waals surface area contributed by atoms with Gasteiger partial charge in [-0.05, 0) is 72.5 Å². The van der Waals surface area contributed by atoms with Crippen molar-refractivity contribution in [2.45, 2.75) is 97.1 Å². The first-order chi connectivity index (χ1) is 13.3. The molecule has 0 N–H and O–H groups in total. The van der Waals surface area contributed by atoms with E-state index in [9.17, 15) is 0 Å². The molecule has 2 aromatic heterocycles. The topological polar surface area (TPSA) is 36.3 Å². The number of rotatable bonds is 5. The van der Waals surface area contributed by atoms with Gasteiger partial charge in [0.2, 0.25) is 0 Å². The second-order valence-electron chi connectivity index (χ2n) is 10.4. The number of hydrogen-bond donors (Lipinski definition) is 0. The van der Waals surface area contributed by atoms with Crippen molar-refractivity contribution in [2.24, 2.45) is 0 Å². The number of hydrogen-bond acceptors (Lipinski definition) is 3. The second-order valence-corrected chi connectivity index (χ2v) is 17.1. The minimum absolute atomic E-state index is 0.367. The van der Waals surface area contributed by atoms with Crippen molar-refractivity contribution in [3.63, 3.8) is 0 Å². The Morgan fingerprint density at radius 3 is 1.90 bits per heavy atom. The van der Waals surface area contributed by atoms with Gasteiger partial charge in [0.25, 0.3) is 0 Å². The van der Waals surface area contributed by atoms with Gasteiger partial charge in [-0.25, -0.2) is 4.98 Å². The molecule has 7 heteroatoms. The van der Waals surface area contributed by atoms with Gasteiger partial charge < -0.3 is 13.5 Å². The van der Waals surface area contributed by atoms with E-state index in [4.69, 9.17) is 14.3 Å². The predicted octanol–water partition coefficient (Wildman–Crippen LogP) is 6.12. The van der Waals surface area contributed by atoms with Crippen molar-refractivity contribution < 1.29 is 9.31 Å². The first-order valence-corrected chi connectivity index (χ1v) is 13.8. The number of pyridine rings is 1. The molecule has 1 saturated heterocycles. The average Bonchev–Trinajstić information content (AvgIpc) is 3.01. The second kappa shape index (κ2) is 7.50. The van der Waals surface area contributed by atoms with E-state index in [2.05, 4.69) is 102 Å². The molecule has 0 aromatic carbocycles. The lowest BCUT2D eigenvalue weighted by Crippen LogP contribution is -2.52. The molecule has 0 atom stereocenters. The van der Waals surface area contributed by atoms with Gasteiger partial charge in [0, 0.05) is 21.5 Å². The van der Waals surface area contributed by atoms with Gasteiger partial charge in [0.1, 0.15) is 5.65 Å². The van der Waals surface area contributed by atoms with Crippen molar-refractivity contribution >= 4 is 47.8 Å². The Morgan fingerprint density at radius 2 is 1.45 bits per heavy atom. The van der Waals surface area contributed by atoms with Crippen molar-refractivity contribution in [1.82, 2.24) is 9.22 Å². The molecule has 4 nitrogen and oxygen atoms in total. The monoisotopic (exact) mass is 478 g/mol. The third-order valence-corrected chi connectivity index (χ3v) is 14.5. The summed E-state index contributed by atoms with van der Waals surface area (Å²) in [6, 6.07) is 2.17. The van der Waals surface area contributed by atoms with Crippen LogP contribution in [0.15, 0.2) is 22.9 Å². The largest absolute Gasteiger partial charge is 0.497 e. The Labute approximate surface area is 186 Å². The molecule has 1 fully saturated rings. The summed E-state index contributed by atoms with van der Waals surface area (Å²) in [5, 5.41) is 1.12. The van der Waals surface area contributed by atoms with Crippen LogP contribution in [0.4, 0.5) is 0 Å². The SMILES string of the molecule is CC(C)[Si](C(C)C)(C(C)C)n1cc(B2OC(C)(C)C(C)(C)O2)c2cc(Br)cnc21. The lowest BCUT2D eigenvalue weighted by atomic mass is 9.79. The lowest BCUT2D eigenvalue weighted by Gasteiger charge is -2.44. The highest BCUT2D eigenvalue weighted by Crippen LogP contribution is 2.44. The van der Waals surface area contributed by atoms with Gasteiger partial charge in [0.15, 0.2) is 8.24 Å². The fourth-order valence-corrected chi connectivity index (χ4v) is 12.3. The van der Waals surface area contributed by atoms with Crippen LogP contribution in [0.5, 0.6) is 0 Å². The predicted molar refractivity (Wildman–Crippen MR) is 130 cm³/mol. The summed E-state index contributed by atoms with van der Waals surface area (Å²) in [6.45, 7) is 22.7. The molecule has 0 bridgehead atoms. The summed E-state index contributed by atoms with van der Waals surface area (Å²) >= 11 is 3.62. The van der Waals surface area contributed by atoms with Gasteiger partial charge in [-0.3, -0.25) is 0 Å². The molecular formula is C22H36BBrN2O2Si. The van der Waals surface area contributed by atoms with Gasteiger partial charge in [-0.15, -0.1) is 0 Å². The van der Waals surface area contributed by atoms with Gasteiger partial charge in [0.05, 0.1) is 11.2 Å². The molecule has 0 spiro atoms. The van der Waals surface area contributed by atoms with Crippen LogP contribution in [0.2, 0.25) is 16.6 Å². The minimum Gasteiger partial charge on any atom is -0.399 e. The van der Waals surface area contributed by atoms with E-state index in [1.807, 2.05) is 6.20 Å². The molecule has 3 heterocycles. The zero-order chi connectivity index (χ0) is 21.9. The van der Waals surface area contributed by atoms with E-state index in [0.717, 1.165) is 21.0 Å². The van der Waals surface area contributed by atoms with E-state index in [0.29, 0.717) is 16.6 Å². The smallest absolute Gasteiger partial charge is 0.399 e. The first-order valence-electron chi connectivity index (χ1n) is 10.8. The third kappa shape index (κ3) is 3.46. The summed E-state index contributed by atoms with van der Waals surface area (Å²) in [4.78, 5) is 4.90. The highest BCUT2D eigenvalue weighted by molar-refractivity contribution is 9.10. The van der Waals surface area contributed by atoms with Crippen LogP contribution >= 0.6 is 15.9 Å². The lowest BCUT2D eigenvalue weighted by molar-refractivity contribution is 0.00578. The average molecular weight is 479 g/mol. The third-order valence-electron chi connectivity index (χ3n) is 7.34. The molecular weight excluding hydrogens is 443 g/mol. The van der Waals surface area contributed by atoms with E-state index >= 15 is 0 Å². The van der Waals surface area contributed by atoms with Crippen LogP contribution < -0.4 is 5.46 Å². The molecule has 1 aliphatic heterocycles. The van der Waals surface area contributed by atoms with Crippen LogP contribution in [0.3, 0.4) is 0 Å². The van der Waals surface area contributed by atoms with Crippen LogP contribution in [0.25, 0.3) is 11.0 Å². The summed E-state index contributed by atoms with van der Waals surface area (Å²) in [6.07, 6.45) is 4.21. The fourth-order valence-electron chi connectivity index (χ4n) is 5.39. The Bertz CT molecular complexity index is 870. The summed E-state index contributed by atoms with van der Waals surface area (Å²) in [7, 11) is -2.35. The summed E-state index contributed by atoms with van der Waals surface area (Å²) in [5.74, 6) is 0. The fraction of sp³-hybridized carbons (Fsp3) is 0.682. The maximum absolute atomic E-state index is 6.44. The number of fused-ring (bicyclic) bond motifs is 1. The van der Waals surface area contributed by atoms with Crippen molar-refractivity contribution in [2.75, 3.05) is 0 Å². The Balaban J connectivity index is 2.29. The molecule has 0 unspecified atom stereocenters. The molecule has 0 radical (unpaired) electrons. The maximum atomic E-state index is 6.44. The minimum atomic E-state index is -1.96. The normalized spacial score (nSPS) is 19.3. The zero-order valence-corrected chi connectivity index (χ0v) is 22.2. The molecule has 29 heavy (non-hydrogen) atoms. The van der Waals surface area contributed by atoms with E-state index in [1.54, 1.807) is 0 Å². The number of nitrogens with zero attached hydrogens (tertiary/aromatic N) is 2. The Hall–Kier alpha value is -0.628. The van der Waals surface area contributed by atoms with Crippen LogP contribution in [0.1, 0.15) is 69.2 Å². The van der Waals surface area contributed by atoms with Crippen LogP contribution in [-0.2, 0) is 9.31 Å². The standard InChI is InChI=1S/C22H36BBrN2O2Si/c1-14(2)29(15(3)4,16(5)6)26-13-19(18-11-17(24)12-25-20(18)26)23-27-21(7,8)22(9,10)28-23/h11-16H,1-10H3. The van der Waals surface area contributed by atoms with E-state index in [1.165, 1.54) is 0 Å². The summed E-state index contributed by atoms with van der Waals surface area (Å²) in [5.41, 5.74) is 3.15. The maximum Gasteiger partial charge on any atom is 0.497 e. The molecule has 2 aromatic rings. The highest BCUT2D eigenvalue weighted by Gasteiger charge is 2.53. The first kappa shape index (κ1) is 23.0. The van der Waals surface area contributed by atoms with Crippen molar-refractivity contribution in [1.29, 1.82) is 0 Å². The molecule has 3 rings (SSSR count). The summed E-state index contributed by atoms with van der Waals surface area (Å²) < 4.78 is 16.4. The van der Waals surface area contributed by atoms with E-state index in [-0.39, 0.29) is 11.2 Å². The molecule has 160 valence electrons. The number of aromatic nitrogens is 2. The zero-order valence-electron chi connectivity index (χ0n) is 19.6. The molecule has 0 saturated carbocycles. The van der Waals surface area contributed by atoms with Gasteiger partial charge in [-0.2, -0.15) is 0 Å². The Kier molecular flexibility index (Phi) is 5.96. The molecule has 0 amide bonds. The number of halogens is 1. The molecule has 1 aliphatic rings. The van der Waals surface area contributed by atoms with Crippen LogP contribution in [-0.4, -0.2) is 35.8 Å². The molecule has 0 aliphatic carbocycles. The quantitative estimate of drug-likeness (QED) is 0.485.